The molecule has 6 rings (SSSR count). The van der Waals surface area contributed by atoms with Crippen LogP contribution in [-0.4, -0.2) is 28.6 Å². The average Bonchev–Trinajstić information content (AvgIpc) is 2.92. The third kappa shape index (κ3) is 2.51. The van der Waals surface area contributed by atoms with Crippen molar-refractivity contribution in [3.05, 3.63) is 0 Å². The molecule has 6 fully saturated rings. The molecule has 5 aliphatic carbocycles. The van der Waals surface area contributed by atoms with Gasteiger partial charge in [-0.25, -0.2) is 0 Å². The summed E-state index contributed by atoms with van der Waals surface area (Å²) in [5.74, 6) is 0.525. The van der Waals surface area contributed by atoms with Gasteiger partial charge in [-0.1, -0.05) is 34.6 Å². The minimum absolute atomic E-state index is 0.137. The molecular formula is C30H48O4. The lowest BCUT2D eigenvalue weighted by Crippen LogP contribution is -2.68. The molecule has 11 atom stereocenters. The predicted octanol–water partition coefficient (Wildman–Crippen LogP) is 6.65. The Balaban J connectivity index is 1.39. The van der Waals surface area contributed by atoms with E-state index >= 15 is 0 Å². The van der Waals surface area contributed by atoms with Crippen LogP contribution in [0.25, 0.3) is 0 Å². The van der Waals surface area contributed by atoms with Crippen molar-refractivity contribution < 1.29 is 19.7 Å². The highest BCUT2D eigenvalue weighted by molar-refractivity contribution is 5.74. The van der Waals surface area contributed by atoms with Crippen molar-refractivity contribution >= 4 is 5.97 Å². The normalized spacial score (nSPS) is 62.7. The van der Waals surface area contributed by atoms with Crippen molar-refractivity contribution in [2.75, 3.05) is 6.61 Å². The van der Waals surface area contributed by atoms with Gasteiger partial charge >= 0.3 is 5.97 Å². The summed E-state index contributed by atoms with van der Waals surface area (Å²) < 4.78 is 6.14. The summed E-state index contributed by atoms with van der Waals surface area (Å²) in [4.78, 5) is 12.3. The van der Waals surface area contributed by atoms with Crippen LogP contribution in [0.2, 0.25) is 0 Å². The molecule has 1 heterocycles. The van der Waals surface area contributed by atoms with Crippen molar-refractivity contribution in [2.24, 2.45) is 56.2 Å². The highest BCUT2D eigenvalue weighted by Crippen LogP contribution is 2.79. The number of fused-ring (bicyclic) bond motifs is 7. The number of aliphatic carboxylic acids is 1. The van der Waals surface area contributed by atoms with Gasteiger partial charge in [-0.15, -0.1) is 0 Å². The Morgan fingerprint density at radius 1 is 0.794 bits per heavy atom. The predicted molar refractivity (Wildman–Crippen MR) is 132 cm³/mol. The van der Waals surface area contributed by atoms with Gasteiger partial charge in [0.25, 0.3) is 0 Å². The topological polar surface area (TPSA) is 66.8 Å². The van der Waals surface area contributed by atoms with Gasteiger partial charge in [0.05, 0.1) is 12.0 Å². The maximum absolute atomic E-state index is 12.3. The number of carboxylic acid groups (broad SMARTS) is 1. The fourth-order valence-corrected chi connectivity index (χ4v) is 11.9. The van der Waals surface area contributed by atoms with E-state index in [1.807, 2.05) is 6.92 Å². The molecule has 0 aromatic rings. The zero-order valence-corrected chi connectivity index (χ0v) is 22.5. The standard InChI is InChI=1S/C30H48O4/c1-19-29-9-7-20-26(4,21(29)8-10-30(19,33)34-18-29)14-16-28(6)22-17-25(3,23(31)32)12-11-24(22,2)13-15-27(20,28)5/h19-22,33H,7-18H2,1-6H3,(H,31,32)/t19-,20?,21?,22-,24-,25-,26-,27-,28+,29+,30+/m1/s1. The van der Waals surface area contributed by atoms with Crippen LogP contribution in [0, 0.1) is 56.2 Å². The molecule has 4 heteroatoms. The number of rotatable bonds is 1. The largest absolute Gasteiger partial charge is 0.481 e. The Bertz CT molecular complexity index is 917. The summed E-state index contributed by atoms with van der Waals surface area (Å²) in [7, 11) is 0. The molecule has 0 amide bonds. The minimum atomic E-state index is -0.900. The lowest BCUT2D eigenvalue weighted by molar-refractivity contribution is -0.267. The van der Waals surface area contributed by atoms with E-state index in [2.05, 4.69) is 34.6 Å². The van der Waals surface area contributed by atoms with E-state index < -0.39 is 17.2 Å². The molecule has 0 radical (unpaired) electrons. The summed E-state index contributed by atoms with van der Waals surface area (Å²) in [6.07, 6.45) is 12.0. The van der Waals surface area contributed by atoms with Gasteiger partial charge in [0, 0.05) is 17.8 Å². The molecule has 1 spiro atoms. The zero-order chi connectivity index (χ0) is 24.6. The molecule has 6 aliphatic rings. The number of carbonyl (C=O) groups is 1. The first-order chi connectivity index (χ1) is 15.7. The SMILES string of the molecule is C[C@@H]1[C@@]23CCC4[C@@](C)(CC[C@@]5(C)[C@@H]6C[C@](C)(C(=O)O)CC[C@]6(C)CC[C@]45C)C2CC[C@]1(O)OC3. The molecular weight excluding hydrogens is 424 g/mol. The van der Waals surface area contributed by atoms with Gasteiger partial charge in [0.1, 0.15) is 0 Å². The van der Waals surface area contributed by atoms with E-state index in [0.717, 1.165) is 38.7 Å². The Kier molecular flexibility index (Phi) is 4.63. The zero-order valence-electron chi connectivity index (χ0n) is 22.5. The smallest absolute Gasteiger partial charge is 0.309 e. The van der Waals surface area contributed by atoms with E-state index in [-0.39, 0.29) is 33.0 Å². The van der Waals surface area contributed by atoms with E-state index in [1.54, 1.807) is 0 Å². The summed E-state index contributed by atoms with van der Waals surface area (Å²) in [5.41, 5.74) is 0.569. The van der Waals surface area contributed by atoms with E-state index in [0.29, 0.717) is 17.8 Å². The highest BCUT2D eigenvalue weighted by Gasteiger charge is 2.74. The van der Waals surface area contributed by atoms with Gasteiger partial charge in [-0.3, -0.25) is 4.79 Å². The maximum Gasteiger partial charge on any atom is 0.309 e. The molecule has 0 aromatic carbocycles. The van der Waals surface area contributed by atoms with Crippen LogP contribution in [0.15, 0.2) is 0 Å². The Hall–Kier alpha value is -0.610. The molecule has 2 unspecified atom stereocenters. The molecule has 1 saturated heterocycles. The first-order valence-corrected chi connectivity index (χ1v) is 14.3. The maximum atomic E-state index is 12.3. The van der Waals surface area contributed by atoms with Crippen molar-refractivity contribution in [1.29, 1.82) is 0 Å². The minimum Gasteiger partial charge on any atom is -0.481 e. The van der Waals surface area contributed by atoms with Crippen LogP contribution < -0.4 is 0 Å². The quantitative estimate of drug-likeness (QED) is 0.448. The van der Waals surface area contributed by atoms with Crippen LogP contribution in [0.4, 0.5) is 0 Å². The van der Waals surface area contributed by atoms with E-state index in [9.17, 15) is 15.0 Å². The number of carboxylic acids is 1. The fraction of sp³-hybridized carbons (Fsp3) is 0.967. The number of ether oxygens (including phenoxy) is 1. The van der Waals surface area contributed by atoms with Crippen LogP contribution in [0.5, 0.6) is 0 Å². The average molecular weight is 473 g/mol. The van der Waals surface area contributed by atoms with Crippen LogP contribution in [0.1, 0.15) is 112 Å². The summed E-state index contributed by atoms with van der Waals surface area (Å²) in [5, 5.41) is 21.3. The van der Waals surface area contributed by atoms with Crippen molar-refractivity contribution in [3.63, 3.8) is 0 Å². The van der Waals surface area contributed by atoms with Crippen molar-refractivity contribution in [1.82, 2.24) is 0 Å². The summed E-state index contributed by atoms with van der Waals surface area (Å²) in [6, 6.07) is 0. The van der Waals surface area contributed by atoms with Gasteiger partial charge in [-0.05, 0) is 111 Å². The second-order valence-corrected chi connectivity index (χ2v) is 15.4. The van der Waals surface area contributed by atoms with E-state index in [1.165, 1.54) is 38.5 Å². The second-order valence-electron chi connectivity index (χ2n) is 15.4. The first-order valence-electron chi connectivity index (χ1n) is 14.3. The second kappa shape index (κ2) is 6.63. The van der Waals surface area contributed by atoms with Crippen molar-refractivity contribution in [2.45, 2.75) is 118 Å². The lowest BCUT2D eigenvalue weighted by atomic mass is 9.30. The molecule has 2 N–H and O–H groups in total. The van der Waals surface area contributed by atoms with Gasteiger partial charge < -0.3 is 14.9 Å². The molecule has 0 aromatic heterocycles. The fourth-order valence-electron chi connectivity index (χ4n) is 11.9. The third-order valence-corrected chi connectivity index (χ3v) is 14.6. The number of hydrogen-bond donors (Lipinski definition) is 2. The van der Waals surface area contributed by atoms with Gasteiger partial charge in [0.15, 0.2) is 5.79 Å². The van der Waals surface area contributed by atoms with Crippen LogP contribution >= 0.6 is 0 Å². The molecule has 192 valence electrons. The Labute approximate surface area is 206 Å². The summed E-state index contributed by atoms with van der Waals surface area (Å²) >= 11 is 0. The molecule has 34 heavy (non-hydrogen) atoms. The highest BCUT2D eigenvalue weighted by atomic mass is 16.6. The summed E-state index contributed by atoms with van der Waals surface area (Å²) in [6.45, 7) is 15.3. The number of aliphatic hydroxyl groups is 1. The number of hydrogen-bond acceptors (Lipinski definition) is 3. The molecule has 1 aliphatic heterocycles. The Morgan fingerprint density at radius 2 is 1.41 bits per heavy atom. The lowest BCUT2D eigenvalue weighted by Gasteiger charge is -2.74. The monoisotopic (exact) mass is 472 g/mol. The van der Waals surface area contributed by atoms with Gasteiger partial charge in [-0.2, -0.15) is 0 Å². The van der Waals surface area contributed by atoms with Crippen LogP contribution in [0.3, 0.4) is 0 Å². The molecule has 4 nitrogen and oxygen atoms in total. The van der Waals surface area contributed by atoms with Crippen LogP contribution in [-0.2, 0) is 9.53 Å². The first kappa shape index (κ1) is 23.8. The molecule has 5 saturated carbocycles. The molecule has 2 bridgehead atoms. The van der Waals surface area contributed by atoms with E-state index in [4.69, 9.17) is 4.74 Å². The van der Waals surface area contributed by atoms with Crippen molar-refractivity contribution in [3.8, 4) is 0 Å². The Morgan fingerprint density at radius 3 is 2.12 bits per heavy atom. The third-order valence-electron chi connectivity index (χ3n) is 14.6. The van der Waals surface area contributed by atoms with Gasteiger partial charge in [0.2, 0.25) is 0 Å².